The Kier molecular flexibility index (Phi) is 6.03. The van der Waals surface area contributed by atoms with Gasteiger partial charge in [-0.25, -0.2) is 0 Å². The number of benzene rings is 1. The monoisotopic (exact) mass is 320 g/mol. The van der Waals surface area contributed by atoms with Gasteiger partial charge in [-0.15, -0.1) is 11.8 Å². The van der Waals surface area contributed by atoms with E-state index < -0.39 is 0 Å². The number of amides is 2. The number of thioether (sulfide) groups is 1. The van der Waals surface area contributed by atoms with Crippen molar-refractivity contribution in [3.63, 3.8) is 0 Å². The lowest BCUT2D eigenvalue weighted by Crippen LogP contribution is -2.46. The van der Waals surface area contributed by atoms with Crippen molar-refractivity contribution in [1.82, 2.24) is 5.32 Å². The second-order valence-corrected chi connectivity index (χ2v) is 6.30. The predicted molar refractivity (Wildman–Crippen MR) is 86.6 cm³/mol. The topological polar surface area (TPSA) is 92.4 Å². The highest BCUT2D eigenvalue weighted by Gasteiger charge is 2.28. The molecule has 2 rings (SSSR count). The Morgan fingerprint density at radius 3 is 2.55 bits per heavy atom. The minimum absolute atomic E-state index is 0.122. The van der Waals surface area contributed by atoms with Crippen molar-refractivity contribution in [1.29, 1.82) is 0 Å². The third-order valence-electron chi connectivity index (χ3n) is 3.59. The molecule has 0 spiro atoms. The van der Waals surface area contributed by atoms with Crippen LogP contribution in [0.2, 0.25) is 0 Å². The van der Waals surface area contributed by atoms with Gasteiger partial charge in [0.25, 0.3) is 5.91 Å². The first kappa shape index (κ1) is 16.6. The van der Waals surface area contributed by atoms with E-state index in [9.17, 15) is 9.59 Å². The van der Waals surface area contributed by atoms with E-state index >= 15 is 0 Å². The number of nitrogens with two attached hydrogens (primary N) is 1. The first-order chi connectivity index (χ1) is 10.6. The van der Waals surface area contributed by atoms with Crippen LogP contribution in [0.3, 0.4) is 0 Å². The molecule has 1 aliphatic carbocycles. The first-order valence-electron chi connectivity index (χ1n) is 7.20. The highest BCUT2D eigenvalue weighted by molar-refractivity contribution is 7.99. The molecule has 2 amide bonds. The van der Waals surface area contributed by atoms with Crippen LogP contribution >= 0.6 is 11.8 Å². The van der Waals surface area contributed by atoms with Crippen molar-refractivity contribution in [2.75, 3.05) is 12.4 Å². The lowest BCUT2D eigenvalue weighted by molar-refractivity contribution is -0.122. The summed E-state index contributed by atoms with van der Waals surface area (Å²) in [6.45, 7) is 0.122. The average Bonchev–Trinajstić information content (AvgIpc) is 2.53. The smallest absolute Gasteiger partial charge is 0.251 e. The SMILES string of the molecule is NC(=O)C1CC=CCC1NC(=O)c1ccc(SCCO)cc1. The van der Waals surface area contributed by atoms with Crippen LogP contribution in [0.5, 0.6) is 0 Å². The zero-order valence-corrected chi connectivity index (χ0v) is 13.0. The molecule has 4 N–H and O–H groups in total. The van der Waals surface area contributed by atoms with Crippen LogP contribution in [0.4, 0.5) is 0 Å². The minimum atomic E-state index is -0.384. The Hall–Kier alpha value is -1.79. The summed E-state index contributed by atoms with van der Waals surface area (Å²) in [5.74, 6) is -0.316. The second kappa shape index (κ2) is 8.00. The van der Waals surface area contributed by atoms with Crippen molar-refractivity contribution < 1.29 is 14.7 Å². The molecule has 2 atom stereocenters. The Labute approximate surface area is 134 Å². The van der Waals surface area contributed by atoms with Crippen LogP contribution in [0.1, 0.15) is 23.2 Å². The molecule has 22 heavy (non-hydrogen) atoms. The molecule has 118 valence electrons. The number of carbonyl (C=O) groups excluding carboxylic acids is 2. The first-order valence-corrected chi connectivity index (χ1v) is 8.19. The molecule has 2 unspecified atom stereocenters. The largest absolute Gasteiger partial charge is 0.396 e. The fraction of sp³-hybridized carbons (Fsp3) is 0.375. The number of aliphatic hydroxyl groups is 1. The minimum Gasteiger partial charge on any atom is -0.396 e. The maximum absolute atomic E-state index is 12.3. The van der Waals surface area contributed by atoms with E-state index in [-0.39, 0.29) is 30.4 Å². The molecular formula is C16H20N2O3S. The number of primary amides is 1. The number of carbonyl (C=O) groups is 2. The zero-order valence-electron chi connectivity index (χ0n) is 12.2. The second-order valence-electron chi connectivity index (χ2n) is 5.13. The molecule has 0 fully saturated rings. The highest BCUT2D eigenvalue weighted by Crippen LogP contribution is 2.20. The summed E-state index contributed by atoms with van der Waals surface area (Å²) < 4.78 is 0. The third kappa shape index (κ3) is 4.35. The van der Waals surface area contributed by atoms with Gasteiger partial charge in [0.2, 0.25) is 5.91 Å². The van der Waals surface area contributed by atoms with Crippen molar-refractivity contribution >= 4 is 23.6 Å². The van der Waals surface area contributed by atoms with Crippen molar-refractivity contribution in [3.05, 3.63) is 42.0 Å². The predicted octanol–water partition coefficient (Wildman–Crippen LogP) is 1.32. The molecule has 6 heteroatoms. The van der Waals surface area contributed by atoms with Gasteiger partial charge in [-0.2, -0.15) is 0 Å². The summed E-state index contributed by atoms with van der Waals surface area (Å²) in [7, 11) is 0. The summed E-state index contributed by atoms with van der Waals surface area (Å²) in [6, 6.07) is 6.93. The summed E-state index contributed by atoms with van der Waals surface area (Å²) in [5, 5.41) is 11.7. The van der Waals surface area contributed by atoms with Gasteiger partial charge in [-0.05, 0) is 37.1 Å². The van der Waals surface area contributed by atoms with Crippen LogP contribution in [-0.4, -0.2) is 35.3 Å². The average molecular weight is 320 g/mol. The molecule has 1 aliphatic rings. The van der Waals surface area contributed by atoms with Crippen molar-refractivity contribution in [2.45, 2.75) is 23.8 Å². The maximum atomic E-state index is 12.3. The van der Waals surface area contributed by atoms with E-state index in [1.165, 1.54) is 11.8 Å². The Bertz CT molecular complexity index is 557. The van der Waals surface area contributed by atoms with E-state index in [0.717, 1.165) is 4.90 Å². The molecule has 5 nitrogen and oxygen atoms in total. The normalized spacial score (nSPS) is 20.6. The lowest BCUT2D eigenvalue weighted by Gasteiger charge is -2.26. The molecule has 0 saturated carbocycles. The lowest BCUT2D eigenvalue weighted by atomic mass is 9.88. The molecule has 1 aromatic carbocycles. The van der Waals surface area contributed by atoms with E-state index in [2.05, 4.69) is 5.32 Å². The van der Waals surface area contributed by atoms with Gasteiger partial charge in [0, 0.05) is 22.3 Å². The van der Waals surface area contributed by atoms with Crippen molar-refractivity contribution in [2.24, 2.45) is 11.7 Å². The van der Waals surface area contributed by atoms with Crippen LogP contribution in [-0.2, 0) is 4.79 Å². The number of rotatable bonds is 6. The highest BCUT2D eigenvalue weighted by atomic mass is 32.2. The summed E-state index contributed by atoms with van der Waals surface area (Å²) in [5.41, 5.74) is 5.94. The fourth-order valence-corrected chi connectivity index (χ4v) is 3.06. The Morgan fingerprint density at radius 2 is 1.91 bits per heavy atom. The number of aliphatic hydroxyl groups excluding tert-OH is 1. The summed E-state index contributed by atoms with van der Waals surface area (Å²) in [4.78, 5) is 24.7. The molecule has 0 radical (unpaired) electrons. The van der Waals surface area contributed by atoms with E-state index in [1.54, 1.807) is 12.1 Å². The van der Waals surface area contributed by atoms with Crippen LogP contribution < -0.4 is 11.1 Å². The summed E-state index contributed by atoms with van der Waals surface area (Å²) in [6.07, 6.45) is 5.06. The quantitative estimate of drug-likeness (QED) is 0.544. The van der Waals surface area contributed by atoms with Crippen LogP contribution in [0.25, 0.3) is 0 Å². The molecule has 0 bridgehead atoms. The van der Waals surface area contributed by atoms with E-state index in [4.69, 9.17) is 10.8 Å². The number of hydrogen-bond donors (Lipinski definition) is 3. The van der Waals surface area contributed by atoms with Gasteiger partial charge >= 0.3 is 0 Å². The van der Waals surface area contributed by atoms with Gasteiger partial charge in [-0.3, -0.25) is 9.59 Å². The number of allylic oxidation sites excluding steroid dienone is 1. The van der Waals surface area contributed by atoms with Gasteiger partial charge in [0.05, 0.1) is 12.5 Å². The zero-order chi connectivity index (χ0) is 15.9. The Balaban J connectivity index is 1.99. The molecule has 0 heterocycles. The maximum Gasteiger partial charge on any atom is 0.251 e. The van der Waals surface area contributed by atoms with Gasteiger partial charge in [0.15, 0.2) is 0 Å². The molecule has 1 aromatic rings. The van der Waals surface area contributed by atoms with E-state index in [0.29, 0.717) is 24.2 Å². The molecule has 0 aliphatic heterocycles. The summed E-state index contributed by atoms with van der Waals surface area (Å²) >= 11 is 1.53. The standard InChI is InChI=1S/C16H20N2O3S/c17-15(20)13-3-1-2-4-14(13)18-16(21)11-5-7-12(8-6-11)22-10-9-19/h1-2,5-8,13-14,19H,3-4,9-10H2,(H2,17,20)(H,18,21). The van der Waals surface area contributed by atoms with E-state index in [1.807, 2.05) is 24.3 Å². The number of hydrogen-bond acceptors (Lipinski definition) is 4. The molecule has 0 aromatic heterocycles. The fourth-order valence-electron chi connectivity index (χ4n) is 2.41. The Morgan fingerprint density at radius 1 is 1.23 bits per heavy atom. The van der Waals surface area contributed by atoms with Gasteiger partial charge < -0.3 is 16.2 Å². The van der Waals surface area contributed by atoms with Gasteiger partial charge in [0.1, 0.15) is 0 Å². The van der Waals surface area contributed by atoms with Crippen molar-refractivity contribution in [3.8, 4) is 0 Å². The molecule has 0 saturated heterocycles. The number of nitrogens with one attached hydrogen (secondary N) is 1. The van der Waals surface area contributed by atoms with Crippen LogP contribution in [0.15, 0.2) is 41.3 Å². The van der Waals surface area contributed by atoms with Crippen LogP contribution in [0, 0.1) is 5.92 Å². The van der Waals surface area contributed by atoms with Gasteiger partial charge in [-0.1, -0.05) is 12.2 Å². The molecular weight excluding hydrogens is 300 g/mol. The third-order valence-corrected chi connectivity index (χ3v) is 4.58.